The monoisotopic (exact) mass is 470 g/mol. The van der Waals surface area contributed by atoms with Crippen LogP contribution in [0, 0.1) is 0 Å². The van der Waals surface area contributed by atoms with Crippen LogP contribution in [0.4, 0.5) is 10.5 Å². The number of nitrogens with two attached hydrogens (primary N) is 1. The number of ether oxygens (including phenoxy) is 2. The fraction of sp³-hybridized carbons (Fsp3) is 0.167. The first-order valence-electron chi connectivity index (χ1n) is 9.80. The van der Waals surface area contributed by atoms with Gasteiger partial charge in [0.15, 0.2) is 0 Å². The van der Waals surface area contributed by atoms with Crippen molar-refractivity contribution in [3.8, 4) is 0 Å². The average Bonchev–Trinajstić information content (AvgIpc) is 2.82. The quantitative estimate of drug-likeness (QED) is 0.266. The number of nitrogens with one attached hydrogen (secondary N) is 1. The Kier molecular flexibility index (Phi) is 8.41. The first-order valence-corrected chi connectivity index (χ1v) is 11.1. The second kappa shape index (κ2) is 11.5. The first kappa shape index (κ1) is 23.5. The largest absolute Gasteiger partial charge is 0.467 e. The summed E-state index contributed by atoms with van der Waals surface area (Å²) in [7, 11) is 1.26. The van der Waals surface area contributed by atoms with Crippen LogP contribution in [0.5, 0.6) is 0 Å². The minimum Gasteiger partial charge on any atom is -0.467 e. The molecule has 0 fully saturated rings. The highest BCUT2D eigenvalue weighted by atomic mass is 35.5. The van der Waals surface area contributed by atoms with Crippen molar-refractivity contribution in [3.05, 3.63) is 95.0 Å². The smallest absolute Gasteiger partial charge is 0.408 e. The summed E-state index contributed by atoms with van der Waals surface area (Å²) >= 11 is 7.76. The summed E-state index contributed by atoms with van der Waals surface area (Å²) in [4.78, 5) is 26.1. The van der Waals surface area contributed by atoms with Crippen molar-refractivity contribution < 1.29 is 19.1 Å². The van der Waals surface area contributed by atoms with Crippen LogP contribution in [0.2, 0.25) is 5.02 Å². The lowest BCUT2D eigenvalue weighted by Gasteiger charge is -2.27. The molecule has 0 aliphatic carbocycles. The molecule has 166 valence electrons. The van der Waals surface area contributed by atoms with Crippen LogP contribution in [-0.2, 0) is 20.9 Å². The fourth-order valence-corrected chi connectivity index (χ4v) is 4.62. The summed E-state index contributed by atoms with van der Waals surface area (Å²) in [6, 6.07) is 22.6. The van der Waals surface area contributed by atoms with E-state index in [1.54, 1.807) is 24.3 Å². The lowest BCUT2D eigenvalue weighted by molar-refractivity contribution is -0.143. The van der Waals surface area contributed by atoms with E-state index >= 15 is 0 Å². The fourth-order valence-electron chi connectivity index (χ4n) is 3.02. The van der Waals surface area contributed by atoms with E-state index in [0.717, 1.165) is 10.5 Å². The van der Waals surface area contributed by atoms with Crippen LogP contribution in [0.15, 0.2) is 83.8 Å². The number of carbonyl (C=O) groups excluding carboxylic acids is 2. The van der Waals surface area contributed by atoms with Crippen LogP contribution in [0.25, 0.3) is 0 Å². The van der Waals surface area contributed by atoms with E-state index in [4.69, 9.17) is 26.8 Å². The first-order chi connectivity index (χ1) is 15.5. The molecule has 0 saturated heterocycles. The molecule has 0 heterocycles. The number of benzene rings is 3. The van der Waals surface area contributed by atoms with E-state index < -0.39 is 23.4 Å². The van der Waals surface area contributed by atoms with E-state index in [9.17, 15) is 9.59 Å². The Balaban J connectivity index is 1.88. The number of esters is 1. The Morgan fingerprint density at radius 3 is 2.34 bits per heavy atom. The van der Waals surface area contributed by atoms with Gasteiger partial charge < -0.3 is 20.5 Å². The number of rotatable bonds is 8. The van der Waals surface area contributed by atoms with Gasteiger partial charge >= 0.3 is 12.1 Å². The predicted octanol–water partition coefficient (Wildman–Crippen LogP) is 5.22. The molecule has 0 aliphatic rings. The third-order valence-corrected chi connectivity index (χ3v) is 6.38. The molecule has 0 spiro atoms. The Labute approximate surface area is 196 Å². The van der Waals surface area contributed by atoms with Gasteiger partial charge in [0.1, 0.15) is 12.6 Å². The van der Waals surface area contributed by atoms with Gasteiger partial charge in [-0.25, -0.2) is 9.59 Å². The van der Waals surface area contributed by atoms with Crippen molar-refractivity contribution in [3.63, 3.8) is 0 Å². The molecule has 8 heteroatoms. The summed E-state index contributed by atoms with van der Waals surface area (Å²) in [6.45, 7) is 0.0656. The number of carbonyl (C=O) groups is 2. The molecule has 1 amide bonds. The Hall–Kier alpha value is -3.16. The second-order valence-electron chi connectivity index (χ2n) is 6.80. The number of nitrogen functional groups attached to an aromatic ring is 1. The van der Waals surface area contributed by atoms with Crippen molar-refractivity contribution in [1.29, 1.82) is 0 Å². The Morgan fingerprint density at radius 2 is 1.66 bits per heavy atom. The minimum atomic E-state index is -1.08. The van der Waals surface area contributed by atoms with E-state index in [0.29, 0.717) is 16.3 Å². The molecule has 0 saturated carbocycles. The highest BCUT2D eigenvalue weighted by Crippen LogP contribution is 2.43. The number of thioether (sulfide) groups is 1. The highest BCUT2D eigenvalue weighted by Gasteiger charge is 2.35. The summed E-state index contributed by atoms with van der Waals surface area (Å²) in [5.41, 5.74) is 8.15. The number of amides is 1. The van der Waals surface area contributed by atoms with Gasteiger partial charge in [-0.2, -0.15) is 0 Å². The number of hydrogen-bond donors (Lipinski definition) is 2. The molecule has 2 atom stereocenters. The number of methoxy groups -OCH3 is 1. The molecule has 0 bridgehead atoms. The summed E-state index contributed by atoms with van der Waals surface area (Å²) in [6.07, 6.45) is -0.747. The van der Waals surface area contributed by atoms with Crippen molar-refractivity contribution >= 4 is 41.1 Å². The van der Waals surface area contributed by atoms with Gasteiger partial charge in [-0.15, -0.1) is 11.8 Å². The normalized spacial score (nSPS) is 12.4. The molecule has 32 heavy (non-hydrogen) atoms. The van der Waals surface area contributed by atoms with Gasteiger partial charge in [-0.1, -0.05) is 72.3 Å². The van der Waals surface area contributed by atoms with Crippen molar-refractivity contribution in [2.75, 3.05) is 12.8 Å². The van der Waals surface area contributed by atoms with Gasteiger partial charge in [-0.3, -0.25) is 0 Å². The molecule has 3 rings (SSSR count). The van der Waals surface area contributed by atoms with Crippen molar-refractivity contribution in [2.24, 2.45) is 0 Å². The Morgan fingerprint density at radius 1 is 1.00 bits per heavy atom. The molecule has 3 aromatic carbocycles. The van der Waals surface area contributed by atoms with E-state index in [1.165, 1.54) is 18.9 Å². The maximum absolute atomic E-state index is 12.7. The third kappa shape index (κ3) is 6.18. The maximum Gasteiger partial charge on any atom is 0.408 e. The highest BCUT2D eigenvalue weighted by molar-refractivity contribution is 7.99. The lowest BCUT2D eigenvalue weighted by atomic mass is 10.1. The van der Waals surface area contributed by atoms with Crippen LogP contribution >= 0.6 is 23.4 Å². The third-order valence-electron chi connectivity index (χ3n) is 4.63. The number of anilines is 1. The molecule has 3 N–H and O–H groups in total. The molecule has 0 aliphatic heterocycles. The van der Waals surface area contributed by atoms with Gasteiger partial charge in [0.25, 0.3) is 0 Å². The number of para-hydroxylation sites is 1. The average molecular weight is 471 g/mol. The minimum absolute atomic E-state index is 0.0656. The maximum atomic E-state index is 12.7. The van der Waals surface area contributed by atoms with Gasteiger partial charge in [0.2, 0.25) is 0 Å². The molecular weight excluding hydrogens is 448 g/mol. The number of alkyl carbamates (subject to hydrolysis) is 1. The zero-order chi connectivity index (χ0) is 22.9. The zero-order valence-corrected chi connectivity index (χ0v) is 18.9. The van der Waals surface area contributed by atoms with E-state index in [-0.39, 0.29) is 6.61 Å². The zero-order valence-electron chi connectivity index (χ0n) is 17.4. The second-order valence-corrected chi connectivity index (χ2v) is 8.40. The Bertz CT molecular complexity index is 1060. The van der Waals surface area contributed by atoms with Crippen LogP contribution < -0.4 is 11.1 Å². The lowest BCUT2D eigenvalue weighted by Crippen LogP contribution is -2.45. The number of hydrogen-bond acceptors (Lipinski definition) is 6. The summed E-state index contributed by atoms with van der Waals surface area (Å²) < 4.78 is 10.3. The summed E-state index contributed by atoms with van der Waals surface area (Å²) in [5, 5.41) is 2.48. The van der Waals surface area contributed by atoms with Gasteiger partial charge in [0.05, 0.1) is 12.4 Å². The van der Waals surface area contributed by atoms with Crippen LogP contribution in [0.1, 0.15) is 16.4 Å². The van der Waals surface area contributed by atoms with Crippen LogP contribution in [-0.4, -0.2) is 25.2 Å². The van der Waals surface area contributed by atoms with Crippen molar-refractivity contribution in [1.82, 2.24) is 5.32 Å². The van der Waals surface area contributed by atoms with Crippen LogP contribution in [0.3, 0.4) is 0 Å². The molecule has 0 radical (unpaired) electrons. The molecule has 6 nitrogen and oxygen atoms in total. The van der Waals surface area contributed by atoms with Gasteiger partial charge in [0, 0.05) is 15.6 Å². The predicted molar refractivity (Wildman–Crippen MR) is 126 cm³/mol. The van der Waals surface area contributed by atoms with Gasteiger partial charge in [-0.05, 0) is 29.3 Å². The van der Waals surface area contributed by atoms with E-state index in [2.05, 4.69) is 5.32 Å². The standard InChI is InChI=1S/C24H23ClN2O4S/c1-30-23(28)21(27-24(29)31-15-16-9-3-2-4-10-16)22(17-11-5-6-12-18(17)25)32-20-14-8-7-13-19(20)26/h2-14,21-22H,15,26H2,1H3,(H,27,29)/t21-,22?/m0/s1. The molecular formula is C24H23ClN2O4S. The number of halogens is 1. The topological polar surface area (TPSA) is 90.6 Å². The van der Waals surface area contributed by atoms with E-state index in [1.807, 2.05) is 54.6 Å². The molecule has 3 aromatic rings. The van der Waals surface area contributed by atoms with Crippen molar-refractivity contribution in [2.45, 2.75) is 22.8 Å². The SMILES string of the molecule is COC(=O)[C@@H](NC(=O)OCc1ccccc1)C(Sc1ccccc1N)c1ccccc1Cl. The summed E-state index contributed by atoms with van der Waals surface area (Å²) in [5.74, 6) is -0.631. The molecule has 1 unspecified atom stereocenters. The molecule has 0 aromatic heterocycles.